The van der Waals surface area contributed by atoms with Crippen molar-refractivity contribution in [2.24, 2.45) is 0 Å². The van der Waals surface area contributed by atoms with Gasteiger partial charge in [-0.05, 0) is 12.3 Å². The van der Waals surface area contributed by atoms with E-state index >= 15 is 0 Å². The molecule has 0 aromatic carbocycles. The number of hydrogen-bond donors (Lipinski definition) is 3. The highest BCUT2D eigenvalue weighted by molar-refractivity contribution is 5.97. The molecule has 0 unspecified atom stereocenters. The van der Waals surface area contributed by atoms with Gasteiger partial charge in [-0.25, -0.2) is 0 Å². The van der Waals surface area contributed by atoms with Crippen molar-refractivity contribution in [3.8, 4) is 0 Å². The quantitative estimate of drug-likeness (QED) is 0.643. The number of carbonyl (C=O) groups is 1. The zero-order valence-electron chi connectivity index (χ0n) is 10.5. The molecule has 0 atom stereocenters. The van der Waals surface area contributed by atoms with E-state index in [9.17, 15) is 4.79 Å². The van der Waals surface area contributed by atoms with Crippen LogP contribution in [0.1, 0.15) is 42.4 Å². The van der Waals surface area contributed by atoms with Crippen molar-refractivity contribution in [1.82, 2.24) is 15.5 Å². The number of ether oxygens (including phenoxy) is 1. The van der Waals surface area contributed by atoms with Gasteiger partial charge in [0.05, 0.1) is 11.4 Å². The molecule has 1 heterocycles. The van der Waals surface area contributed by atoms with Crippen molar-refractivity contribution in [3.63, 3.8) is 0 Å². The molecule has 0 aliphatic rings. The van der Waals surface area contributed by atoms with Gasteiger partial charge in [0.25, 0.3) is 5.91 Å². The van der Waals surface area contributed by atoms with Crippen LogP contribution in [0.3, 0.4) is 0 Å². The second kappa shape index (κ2) is 6.24. The maximum absolute atomic E-state index is 11.8. The summed E-state index contributed by atoms with van der Waals surface area (Å²) in [6, 6.07) is 0. The third-order valence-corrected chi connectivity index (χ3v) is 2.44. The zero-order valence-corrected chi connectivity index (χ0v) is 10.5. The number of nitrogens with zero attached hydrogens (tertiary/aromatic N) is 1. The number of methoxy groups -OCH3 is 1. The molecule has 1 aromatic heterocycles. The Balaban J connectivity index is 2.57. The molecule has 0 saturated heterocycles. The molecular formula is C11H20N4O2. The van der Waals surface area contributed by atoms with E-state index in [1.165, 1.54) is 0 Å². The molecule has 0 bridgehead atoms. The molecule has 1 amide bonds. The third kappa shape index (κ3) is 3.45. The minimum atomic E-state index is -0.248. The van der Waals surface area contributed by atoms with Crippen LogP contribution < -0.4 is 11.1 Å². The largest absolute Gasteiger partial charge is 0.395 e. The fourth-order valence-electron chi connectivity index (χ4n) is 1.48. The Morgan fingerprint density at radius 1 is 1.59 bits per heavy atom. The van der Waals surface area contributed by atoms with Crippen LogP contribution in [0.5, 0.6) is 0 Å². The molecular weight excluding hydrogens is 220 g/mol. The number of rotatable bonds is 6. The topological polar surface area (TPSA) is 93.0 Å². The standard InChI is InChI=1S/C11H20N4O2/c1-7(2)9-8(12)10(15-14-9)11(16)13-5-4-6-17-3/h7H,4-6,12H2,1-3H3,(H,13,16)(H,14,15). The summed E-state index contributed by atoms with van der Waals surface area (Å²) >= 11 is 0. The molecule has 0 spiro atoms. The minimum Gasteiger partial charge on any atom is -0.395 e. The number of anilines is 1. The first-order valence-electron chi connectivity index (χ1n) is 5.68. The number of nitrogens with two attached hydrogens (primary N) is 1. The molecule has 96 valence electrons. The van der Waals surface area contributed by atoms with Gasteiger partial charge in [0.2, 0.25) is 0 Å². The lowest BCUT2D eigenvalue weighted by Crippen LogP contribution is -2.26. The van der Waals surface area contributed by atoms with Crippen molar-refractivity contribution in [2.45, 2.75) is 26.2 Å². The molecule has 0 aliphatic heterocycles. The summed E-state index contributed by atoms with van der Waals surface area (Å²) in [6.07, 6.45) is 0.767. The van der Waals surface area contributed by atoms with E-state index in [1.54, 1.807) is 7.11 Å². The number of nitrogens with one attached hydrogen (secondary N) is 2. The minimum absolute atomic E-state index is 0.220. The number of H-pyrrole nitrogens is 1. The summed E-state index contributed by atoms with van der Waals surface area (Å²) < 4.78 is 4.89. The molecule has 1 rings (SSSR count). The second-order valence-corrected chi connectivity index (χ2v) is 4.16. The van der Waals surface area contributed by atoms with Gasteiger partial charge in [0, 0.05) is 20.3 Å². The smallest absolute Gasteiger partial charge is 0.273 e. The SMILES string of the molecule is COCCCNC(=O)c1n[nH]c(C(C)C)c1N. The van der Waals surface area contributed by atoms with Crippen molar-refractivity contribution in [1.29, 1.82) is 0 Å². The number of nitrogen functional groups attached to an aromatic ring is 1. The van der Waals surface area contributed by atoms with Crippen molar-refractivity contribution < 1.29 is 9.53 Å². The van der Waals surface area contributed by atoms with Gasteiger partial charge < -0.3 is 15.8 Å². The van der Waals surface area contributed by atoms with Crippen LogP contribution in [-0.4, -0.2) is 36.4 Å². The Kier molecular flexibility index (Phi) is 4.96. The van der Waals surface area contributed by atoms with Crippen LogP contribution in [0.25, 0.3) is 0 Å². The Hall–Kier alpha value is -1.56. The summed E-state index contributed by atoms with van der Waals surface area (Å²) in [4.78, 5) is 11.8. The molecule has 0 saturated carbocycles. The lowest BCUT2D eigenvalue weighted by atomic mass is 10.1. The van der Waals surface area contributed by atoms with Gasteiger partial charge in [-0.2, -0.15) is 5.10 Å². The summed E-state index contributed by atoms with van der Waals surface area (Å²) in [5.41, 5.74) is 7.36. The highest BCUT2D eigenvalue weighted by Crippen LogP contribution is 2.21. The van der Waals surface area contributed by atoms with E-state index in [1.807, 2.05) is 13.8 Å². The van der Waals surface area contributed by atoms with Crippen LogP contribution in [-0.2, 0) is 4.74 Å². The van der Waals surface area contributed by atoms with Crippen molar-refractivity contribution >= 4 is 11.6 Å². The predicted octanol–water partition coefficient (Wildman–Crippen LogP) is 0.882. The Morgan fingerprint density at radius 2 is 2.29 bits per heavy atom. The van der Waals surface area contributed by atoms with Gasteiger partial charge in [0.1, 0.15) is 0 Å². The molecule has 6 nitrogen and oxygen atoms in total. The maximum atomic E-state index is 11.8. The maximum Gasteiger partial charge on any atom is 0.273 e. The lowest BCUT2D eigenvalue weighted by molar-refractivity contribution is 0.0944. The van der Waals surface area contributed by atoms with Crippen LogP contribution in [0.15, 0.2) is 0 Å². The van der Waals surface area contributed by atoms with Gasteiger partial charge in [0.15, 0.2) is 5.69 Å². The third-order valence-electron chi connectivity index (χ3n) is 2.44. The highest BCUT2D eigenvalue weighted by atomic mass is 16.5. The zero-order chi connectivity index (χ0) is 12.8. The number of amides is 1. The van der Waals surface area contributed by atoms with Crippen LogP contribution in [0.2, 0.25) is 0 Å². The first-order valence-corrected chi connectivity index (χ1v) is 5.68. The fourth-order valence-corrected chi connectivity index (χ4v) is 1.48. The first kappa shape index (κ1) is 13.5. The van der Waals surface area contributed by atoms with E-state index < -0.39 is 0 Å². The van der Waals surface area contributed by atoms with E-state index in [0.29, 0.717) is 18.8 Å². The highest BCUT2D eigenvalue weighted by Gasteiger charge is 2.18. The molecule has 1 aromatic rings. The van der Waals surface area contributed by atoms with Gasteiger partial charge in [-0.3, -0.25) is 9.89 Å². The Bertz CT molecular complexity index is 374. The average molecular weight is 240 g/mol. The molecule has 0 aliphatic carbocycles. The number of hydrogen-bond acceptors (Lipinski definition) is 4. The summed E-state index contributed by atoms with van der Waals surface area (Å²) in [5.74, 6) is -0.0284. The fraction of sp³-hybridized carbons (Fsp3) is 0.636. The van der Waals surface area contributed by atoms with Crippen molar-refractivity contribution in [2.75, 3.05) is 26.0 Å². The van der Waals surface area contributed by atoms with Gasteiger partial charge in [-0.1, -0.05) is 13.8 Å². The first-order chi connectivity index (χ1) is 8.07. The molecule has 0 fully saturated rings. The average Bonchev–Trinajstić information content (AvgIpc) is 2.66. The van der Waals surface area contributed by atoms with E-state index in [2.05, 4.69) is 15.5 Å². The van der Waals surface area contributed by atoms with Gasteiger partial charge >= 0.3 is 0 Å². The summed E-state index contributed by atoms with van der Waals surface area (Å²) in [7, 11) is 1.63. The van der Waals surface area contributed by atoms with Crippen LogP contribution in [0, 0.1) is 0 Å². The van der Waals surface area contributed by atoms with E-state index in [0.717, 1.165) is 12.1 Å². The normalized spacial score (nSPS) is 10.8. The Labute approximate surface area is 101 Å². The predicted molar refractivity (Wildman–Crippen MR) is 65.9 cm³/mol. The number of carbonyl (C=O) groups excluding carboxylic acids is 1. The summed E-state index contributed by atoms with van der Waals surface area (Å²) in [6.45, 7) is 5.15. The van der Waals surface area contributed by atoms with E-state index in [4.69, 9.17) is 10.5 Å². The molecule has 17 heavy (non-hydrogen) atoms. The molecule has 4 N–H and O–H groups in total. The second-order valence-electron chi connectivity index (χ2n) is 4.16. The van der Waals surface area contributed by atoms with Crippen molar-refractivity contribution in [3.05, 3.63) is 11.4 Å². The Morgan fingerprint density at radius 3 is 2.82 bits per heavy atom. The summed E-state index contributed by atoms with van der Waals surface area (Å²) in [5, 5.41) is 9.48. The number of aromatic amines is 1. The monoisotopic (exact) mass is 240 g/mol. The van der Waals surface area contributed by atoms with Gasteiger partial charge in [-0.15, -0.1) is 0 Å². The molecule has 6 heteroatoms. The lowest BCUT2D eigenvalue weighted by Gasteiger charge is -2.04. The van der Waals surface area contributed by atoms with E-state index in [-0.39, 0.29) is 17.5 Å². The number of aromatic nitrogens is 2. The van der Waals surface area contributed by atoms with Crippen LogP contribution >= 0.6 is 0 Å². The molecule has 0 radical (unpaired) electrons. The van der Waals surface area contributed by atoms with Crippen LogP contribution in [0.4, 0.5) is 5.69 Å².